The number of aromatic nitrogens is 1. The normalized spacial score (nSPS) is 15.0. The van der Waals surface area contributed by atoms with Crippen LogP contribution in [0.3, 0.4) is 0 Å². The molecule has 0 radical (unpaired) electrons. The predicted molar refractivity (Wildman–Crippen MR) is 114 cm³/mol. The van der Waals surface area contributed by atoms with Crippen molar-refractivity contribution < 1.29 is 33.3 Å². The summed E-state index contributed by atoms with van der Waals surface area (Å²) in [5, 5.41) is 12.4. The lowest BCUT2D eigenvalue weighted by molar-refractivity contribution is -0.116. The number of aromatic carboxylic acids is 1. The van der Waals surface area contributed by atoms with Gasteiger partial charge < -0.3 is 29.2 Å². The molecule has 0 saturated carbocycles. The highest BCUT2D eigenvalue weighted by atomic mass is 19.1. The van der Waals surface area contributed by atoms with Crippen molar-refractivity contribution in [1.82, 2.24) is 4.57 Å². The van der Waals surface area contributed by atoms with Gasteiger partial charge in [-0.15, -0.1) is 0 Å². The van der Waals surface area contributed by atoms with E-state index in [9.17, 15) is 19.1 Å². The van der Waals surface area contributed by atoms with E-state index in [0.717, 1.165) is 0 Å². The Kier molecular flexibility index (Phi) is 5.48. The van der Waals surface area contributed by atoms with Crippen molar-refractivity contribution in [2.24, 2.45) is 0 Å². The molecule has 9 heteroatoms. The van der Waals surface area contributed by atoms with Crippen LogP contribution in [0.25, 0.3) is 5.69 Å². The van der Waals surface area contributed by atoms with E-state index in [1.54, 1.807) is 30.3 Å². The molecule has 1 aliphatic rings. The van der Waals surface area contributed by atoms with E-state index in [2.05, 4.69) is 5.32 Å². The number of carbonyl (C=O) groups is 2. The van der Waals surface area contributed by atoms with Crippen LogP contribution in [0.15, 0.2) is 42.6 Å². The second-order valence-corrected chi connectivity index (χ2v) is 7.18. The van der Waals surface area contributed by atoms with Gasteiger partial charge in [0.15, 0.2) is 11.5 Å². The molecule has 3 aromatic rings. The van der Waals surface area contributed by atoms with Crippen molar-refractivity contribution in [3.8, 4) is 22.9 Å². The topological polar surface area (TPSA) is 99.0 Å². The lowest BCUT2D eigenvalue weighted by Crippen LogP contribution is -2.26. The Morgan fingerprint density at radius 1 is 1.09 bits per heavy atom. The van der Waals surface area contributed by atoms with Crippen LogP contribution < -0.4 is 19.5 Å². The number of nitrogens with one attached hydrogen (secondary N) is 1. The number of carbonyl (C=O) groups excluding carboxylic acids is 1. The number of carboxylic acids is 1. The van der Waals surface area contributed by atoms with Crippen LogP contribution in [0, 0.1) is 5.82 Å². The minimum Gasteiger partial charge on any atom is -0.496 e. The predicted octanol–water partition coefficient (Wildman–Crippen LogP) is 3.81. The first-order valence-electron chi connectivity index (χ1n) is 9.72. The summed E-state index contributed by atoms with van der Waals surface area (Å²) in [4.78, 5) is 24.5. The fourth-order valence-electron chi connectivity index (χ4n) is 4.06. The Hall–Kier alpha value is -4.01. The number of carboxylic acid groups (broad SMARTS) is 1. The molecule has 4 rings (SSSR count). The summed E-state index contributed by atoms with van der Waals surface area (Å²) >= 11 is 0. The number of rotatable bonds is 6. The fraction of sp³-hybridized carbons (Fsp3) is 0.217. The molecule has 0 fully saturated rings. The molecule has 166 valence electrons. The van der Waals surface area contributed by atoms with Crippen LogP contribution in [0.1, 0.15) is 34.0 Å². The number of methoxy groups -OCH3 is 3. The number of ether oxygens (including phenoxy) is 3. The molecule has 1 amide bonds. The standard InChI is InChI=1S/C23H21FN2O6/c1-30-17-10-19(32-3)18(31-2)8-12(17)13-9-20(27)25-21-14(23(28)29)11-26(22(13)21)16-7-5-4-6-15(16)24/h4-8,10-11,13H,9H2,1-3H3,(H,25,27)(H,28,29)/t13-/m1/s1. The average molecular weight is 440 g/mol. The summed E-state index contributed by atoms with van der Waals surface area (Å²) in [6, 6.07) is 9.34. The molecule has 0 unspecified atom stereocenters. The maximum absolute atomic E-state index is 14.7. The molecule has 0 aliphatic carbocycles. The zero-order valence-electron chi connectivity index (χ0n) is 17.6. The van der Waals surface area contributed by atoms with Crippen molar-refractivity contribution >= 4 is 17.6 Å². The van der Waals surface area contributed by atoms with Crippen LogP contribution in [0.2, 0.25) is 0 Å². The molecule has 32 heavy (non-hydrogen) atoms. The first kappa shape index (κ1) is 21.2. The van der Waals surface area contributed by atoms with Gasteiger partial charge in [-0.25, -0.2) is 9.18 Å². The summed E-state index contributed by atoms with van der Waals surface area (Å²) < 4.78 is 32.5. The van der Waals surface area contributed by atoms with Gasteiger partial charge in [-0.2, -0.15) is 0 Å². The summed E-state index contributed by atoms with van der Waals surface area (Å²) in [6.45, 7) is 0. The van der Waals surface area contributed by atoms with Gasteiger partial charge in [0.2, 0.25) is 5.91 Å². The largest absolute Gasteiger partial charge is 0.496 e. The number of para-hydroxylation sites is 1. The Bertz CT molecular complexity index is 1220. The van der Waals surface area contributed by atoms with Crippen LogP contribution >= 0.6 is 0 Å². The number of anilines is 1. The van der Waals surface area contributed by atoms with Gasteiger partial charge in [0.1, 0.15) is 17.1 Å². The monoisotopic (exact) mass is 440 g/mol. The molecule has 1 aliphatic heterocycles. The lowest BCUT2D eigenvalue weighted by Gasteiger charge is -2.28. The molecule has 1 aromatic heterocycles. The number of fused-ring (bicyclic) bond motifs is 1. The van der Waals surface area contributed by atoms with E-state index in [1.807, 2.05) is 0 Å². The number of amides is 1. The SMILES string of the molecule is COc1cc(OC)c([C@H]2CC(=O)Nc3c(C(=O)O)cn(-c4ccccc4F)c32)cc1OC. The van der Waals surface area contributed by atoms with Gasteiger partial charge in [-0.1, -0.05) is 12.1 Å². The third-order valence-corrected chi connectivity index (χ3v) is 5.48. The quantitative estimate of drug-likeness (QED) is 0.605. The minimum absolute atomic E-state index is 0.00360. The van der Waals surface area contributed by atoms with Gasteiger partial charge in [-0.05, 0) is 18.2 Å². The van der Waals surface area contributed by atoms with E-state index in [1.165, 1.54) is 38.2 Å². The van der Waals surface area contributed by atoms with Gasteiger partial charge in [0.05, 0.1) is 38.4 Å². The molecule has 1 atom stereocenters. The smallest absolute Gasteiger partial charge is 0.339 e. The Morgan fingerprint density at radius 3 is 2.38 bits per heavy atom. The van der Waals surface area contributed by atoms with Crippen molar-refractivity contribution in [2.75, 3.05) is 26.6 Å². The van der Waals surface area contributed by atoms with Crippen LogP contribution in [0.5, 0.6) is 17.2 Å². The number of halogens is 1. The fourth-order valence-corrected chi connectivity index (χ4v) is 4.06. The Balaban J connectivity index is 2.02. The lowest BCUT2D eigenvalue weighted by atomic mass is 9.87. The highest BCUT2D eigenvalue weighted by Gasteiger charge is 2.36. The van der Waals surface area contributed by atoms with E-state index in [4.69, 9.17) is 14.2 Å². The molecule has 0 bridgehead atoms. The van der Waals surface area contributed by atoms with Crippen LogP contribution in [-0.2, 0) is 4.79 Å². The number of hydrogen-bond acceptors (Lipinski definition) is 5. The van der Waals surface area contributed by atoms with Crippen molar-refractivity contribution in [2.45, 2.75) is 12.3 Å². The molecule has 0 spiro atoms. The number of hydrogen-bond donors (Lipinski definition) is 2. The second kappa shape index (κ2) is 8.26. The summed E-state index contributed by atoms with van der Waals surface area (Å²) in [5.74, 6) is -1.50. The van der Waals surface area contributed by atoms with Gasteiger partial charge in [0, 0.05) is 30.2 Å². The molecule has 2 N–H and O–H groups in total. The molecule has 2 aromatic carbocycles. The molecule has 2 heterocycles. The summed E-state index contributed by atoms with van der Waals surface area (Å²) in [7, 11) is 4.45. The molecule has 8 nitrogen and oxygen atoms in total. The highest BCUT2D eigenvalue weighted by Crippen LogP contribution is 2.47. The van der Waals surface area contributed by atoms with Gasteiger partial charge in [-0.3, -0.25) is 4.79 Å². The van der Waals surface area contributed by atoms with E-state index in [0.29, 0.717) is 28.5 Å². The van der Waals surface area contributed by atoms with Crippen molar-refractivity contribution in [1.29, 1.82) is 0 Å². The maximum atomic E-state index is 14.7. The summed E-state index contributed by atoms with van der Waals surface area (Å²) in [5.41, 5.74) is 1.16. The van der Waals surface area contributed by atoms with E-state index >= 15 is 0 Å². The zero-order chi connectivity index (χ0) is 23.0. The first-order valence-corrected chi connectivity index (χ1v) is 9.72. The van der Waals surface area contributed by atoms with Crippen molar-refractivity contribution in [3.63, 3.8) is 0 Å². The van der Waals surface area contributed by atoms with E-state index in [-0.39, 0.29) is 29.3 Å². The Labute approximate surface area is 183 Å². The third kappa shape index (κ3) is 3.41. The van der Waals surface area contributed by atoms with E-state index < -0.39 is 17.7 Å². The highest BCUT2D eigenvalue weighted by molar-refractivity contribution is 6.04. The maximum Gasteiger partial charge on any atom is 0.339 e. The second-order valence-electron chi connectivity index (χ2n) is 7.18. The zero-order valence-corrected chi connectivity index (χ0v) is 17.6. The van der Waals surface area contributed by atoms with Gasteiger partial charge in [0.25, 0.3) is 0 Å². The minimum atomic E-state index is -1.24. The molecular weight excluding hydrogens is 419 g/mol. The average Bonchev–Trinajstić information content (AvgIpc) is 3.17. The molecular formula is C23H21FN2O6. The Morgan fingerprint density at radius 2 is 1.75 bits per heavy atom. The summed E-state index contributed by atoms with van der Waals surface area (Å²) in [6.07, 6.45) is 1.31. The number of nitrogens with zero attached hydrogens (tertiary/aromatic N) is 1. The first-order chi connectivity index (χ1) is 15.4. The van der Waals surface area contributed by atoms with Crippen LogP contribution in [0.4, 0.5) is 10.1 Å². The van der Waals surface area contributed by atoms with Crippen molar-refractivity contribution in [3.05, 3.63) is 65.2 Å². The molecule has 0 saturated heterocycles. The third-order valence-electron chi connectivity index (χ3n) is 5.48. The van der Waals surface area contributed by atoms with Crippen LogP contribution in [-0.4, -0.2) is 42.9 Å². The number of benzene rings is 2. The van der Waals surface area contributed by atoms with Gasteiger partial charge >= 0.3 is 5.97 Å².